The van der Waals surface area contributed by atoms with E-state index in [-0.39, 0.29) is 0 Å². The molecule has 3 heterocycles. The fraction of sp³-hybridized carbons (Fsp3) is 0.588. The second-order valence-corrected chi connectivity index (χ2v) is 6.63. The number of anilines is 2. The van der Waals surface area contributed by atoms with Gasteiger partial charge in [0.25, 0.3) is 0 Å². The van der Waals surface area contributed by atoms with Gasteiger partial charge < -0.3 is 14.3 Å². The summed E-state index contributed by atoms with van der Waals surface area (Å²) in [5.74, 6) is 2.71. The Kier molecular flexibility index (Phi) is 4.71. The summed E-state index contributed by atoms with van der Waals surface area (Å²) in [5.41, 5.74) is 3.22. The Morgan fingerprint density at radius 1 is 1.08 bits per heavy atom. The molecule has 0 aliphatic carbocycles. The van der Waals surface area contributed by atoms with Crippen LogP contribution < -0.4 is 9.80 Å². The SMILES string of the molecule is Cc1cc(N2CCN(Cc3c(C)noc3C)CC2)nc(N(C)C)n1. The first-order chi connectivity index (χ1) is 11.4. The number of nitrogens with zero attached hydrogens (tertiary/aromatic N) is 6. The van der Waals surface area contributed by atoms with Crippen molar-refractivity contribution in [2.75, 3.05) is 50.1 Å². The van der Waals surface area contributed by atoms with Crippen LogP contribution in [0, 0.1) is 20.8 Å². The van der Waals surface area contributed by atoms with Crippen LogP contribution in [0.5, 0.6) is 0 Å². The molecule has 7 heteroatoms. The van der Waals surface area contributed by atoms with Gasteiger partial charge in [-0.15, -0.1) is 0 Å². The van der Waals surface area contributed by atoms with Gasteiger partial charge in [-0.25, -0.2) is 4.98 Å². The van der Waals surface area contributed by atoms with Crippen LogP contribution in [-0.2, 0) is 6.54 Å². The van der Waals surface area contributed by atoms with Gasteiger partial charge in [0.2, 0.25) is 5.95 Å². The van der Waals surface area contributed by atoms with E-state index in [0.717, 1.165) is 61.6 Å². The average Bonchev–Trinajstić information content (AvgIpc) is 2.87. The molecule has 0 spiro atoms. The maximum Gasteiger partial charge on any atom is 0.226 e. The summed E-state index contributed by atoms with van der Waals surface area (Å²) in [6.45, 7) is 10.9. The maximum absolute atomic E-state index is 5.27. The number of aromatic nitrogens is 3. The largest absolute Gasteiger partial charge is 0.361 e. The Morgan fingerprint density at radius 2 is 1.79 bits per heavy atom. The molecule has 0 aromatic carbocycles. The number of hydrogen-bond acceptors (Lipinski definition) is 7. The quantitative estimate of drug-likeness (QED) is 0.847. The van der Waals surface area contributed by atoms with Crippen LogP contribution in [0.2, 0.25) is 0 Å². The summed E-state index contributed by atoms with van der Waals surface area (Å²) in [6, 6.07) is 2.07. The van der Waals surface area contributed by atoms with Crippen LogP contribution in [0.1, 0.15) is 22.7 Å². The minimum Gasteiger partial charge on any atom is -0.361 e. The third kappa shape index (κ3) is 3.51. The molecule has 0 radical (unpaired) electrons. The average molecular weight is 330 g/mol. The lowest BCUT2D eigenvalue weighted by atomic mass is 10.2. The molecule has 1 aliphatic heterocycles. The fourth-order valence-electron chi connectivity index (χ4n) is 2.98. The predicted octanol–water partition coefficient (Wildman–Crippen LogP) is 1.78. The lowest BCUT2D eigenvalue weighted by Gasteiger charge is -2.35. The van der Waals surface area contributed by atoms with Crippen LogP contribution in [0.3, 0.4) is 0 Å². The van der Waals surface area contributed by atoms with Gasteiger partial charge in [-0.05, 0) is 20.8 Å². The summed E-state index contributed by atoms with van der Waals surface area (Å²) in [5, 5.41) is 4.05. The van der Waals surface area contributed by atoms with Crippen molar-refractivity contribution in [2.45, 2.75) is 27.3 Å². The zero-order valence-corrected chi connectivity index (χ0v) is 15.2. The van der Waals surface area contributed by atoms with Gasteiger partial charge in [-0.2, -0.15) is 4.98 Å². The first-order valence-electron chi connectivity index (χ1n) is 8.36. The first kappa shape index (κ1) is 16.7. The number of piperazine rings is 1. The van der Waals surface area contributed by atoms with Gasteiger partial charge in [-0.3, -0.25) is 4.90 Å². The Balaban J connectivity index is 1.65. The van der Waals surface area contributed by atoms with Gasteiger partial charge in [0.1, 0.15) is 11.6 Å². The Bertz CT molecular complexity index is 684. The van der Waals surface area contributed by atoms with E-state index in [1.165, 1.54) is 5.56 Å². The van der Waals surface area contributed by atoms with Crippen molar-refractivity contribution >= 4 is 11.8 Å². The fourth-order valence-corrected chi connectivity index (χ4v) is 2.98. The van der Waals surface area contributed by atoms with Crippen molar-refractivity contribution in [3.8, 4) is 0 Å². The highest BCUT2D eigenvalue weighted by Crippen LogP contribution is 2.20. The molecule has 0 unspecified atom stereocenters. The normalized spacial score (nSPS) is 15.8. The monoisotopic (exact) mass is 330 g/mol. The Morgan fingerprint density at radius 3 is 2.38 bits per heavy atom. The third-order valence-corrected chi connectivity index (χ3v) is 4.49. The summed E-state index contributed by atoms with van der Waals surface area (Å²) < 4.78 is 5.27. The van der Waals surface area contributed by atoms with Crippen molar-refractivity contribution in [1.82, 2.24) is 20.0 Å². The summed E-state index contributed by atoms with van der Waals surface area (Å²) >= 11 is 0. The molecule has 0 atom stereocenters. The smallest absolute Gasteiger partial charge is 0.226 e. The van der Waals surface area contributed by atoms with Crippen molar-refractivity contribution in [1.29, 1.82) is 0 Å². The van der Waals surface area contributed by atoms with Crippen molar-refractivity contribution in [3.05, 3.63) is 28.8 Å². The van der Waals surface area contributed by atoms with E-state index in [1.54, 1.807) is 0 Å². The van der Waals surface area contributed by atoms with Crippen LogP contribution in [0.25, 0.3) is 0 Å². The van der Waals surface area contributed by atoms with Crippen molar-refractivity contribution in [3.63, 3.8) is 0 Å². The summed E-state index contributed by atoms with van der Waals surface area (Å²) in [6.07, 6.45) is 0. The molecule has 1 fully saturated rings. The number of rotatable bonds is 4. The molecule has 7 nitrogen and oxygen atoms in total. The van der Waals surface area contributed by atoms with E-state index in [9.17, 15) is 0 Å². The number of hydrogen-bond donors (Lipinski definition) is 0. The lowest BCUT2D eigenvalue weighted by molar-refractivity contribution is 0.247. The summed E-state index contributed by atoms with van der Waals surface area (Å²) in [7, 11) is 3.94. The highest BCUT2D eigenvalue weighted by Gasteiger charge is 2.21. The zero-order chi connectivity index (χ0) is 17.3. The molecular weight excluding hydrogens is 304 g/mol. The molecule has 2 aromatic rings. The standard InChI is InChI=1S/C17H26N6O/c1-12-10-16(19-17(18-12)21(4)5)23-8-6-22(7-9-23)11-15-13(2)20-24-14(15)3/h10H,6-9,11H2,1-5H3. The predicted molar refractivity (Wildman–Crippen MR) is 94.6 cm³/mol. The molecule has 24 heavy (non-hydrogen) atoms. The second-order valence-electron chi connectivity index (χ2n) is 6.63. The zero-order valence-electron chi connectivity index (χ0n) is 15.2. The van der Waals surface area contributed by atoms with Crippen LogP contribution in [0.15, 0.2) is 10.6 Å². The molecule has 3 rings (SSSR count). The van der Waals surface area contributed by atoms with Gasteiger partial charge in [0.05, 0.1) is 5.69 Å². The van der Waals surface area contributed by atoms with Crippen molar-refractivity contribution in [2.24, 2.45) is 0 Å². The minimum absolute atomic E-state index is 0.767. The van der Waals surface area contributed by atoms with E-state index < -0.39 is 0 Å². The van der Waals surface area contributed by atoms with E-state index in [2.05, 4.69) is 31.0 Å². The molecule has 130 valence electrons. The molecule has 0 saturated carbocycles. The second kappa shape index (κ2) is 6.76. The lowest BCUT2D eigenvalue weighted by Crippen LogP contribution is -2.46. The van der Waals surface area contributed by atoms with Gasteiger partial charge in [0, 0.05) is 64.1 Å². The van der Waals surface area contributed by atoms with Crippen molar-refractivity contribution < 1.29 is 4.52 Å². The highest BCUT2D eigenvalue weighted by atomic mass is 16.5. The van der Waals surface area contributed by atoms with E-state index in [0.29, 0.717) is 0 Å². The van der Waals surface area contributed by atoms with E-state index in [4.69, 9.17) is 4.52 Å². The molecule has 2 aromatic heterocycles. The van der Waals surface area contributed by atoms with Gasteiger partial charge in [0.15, 0.2) is 0 Å². The molecular formula is C17H26N6O. The molecule has 1 saturated heterocycles. The van der Waals surface area contributed by atoms with E-state index >= 15 is 0 Å². The van der Waals surface area contributed by atoms with E-state index in [1.807, 2.05) is 39.8 Å². The minimum atomic E-state index is 0.767. The molecule has 0 amide bonds. The van der Waals surface area contributed by atoms with Crippen LogP contribution in [0.4, 0.5) is 11.8 Å². The Labute approximate surface area is 143 Å². The summed E-state index contributed by atoms with van der Waals surface area (Å²) in [4.78, 5) is 15.9. The molecule has 1 aliphatic rings. The Hall–Kier alpha value is -2.15. The number of aryl methyl sites for hydroxylation is 3. The maximum atomic E-state index is 5.27. The van der Waals surface area contributed by atoms with Gasteiger partial charge in [-0.1, -0.05) is 5.16 Å². The van der Waals surface area contributed by atoms with Gasteiger partial charge >= 0.3 is 0 Å². The molecule has 0 N–H and O–H groups in total. The van der Waals surface area contributed by atoms with Crippen LogP contribution in [-0.4, -0.2) is 60.3 Å². The topological polar surface area (TPSA) is 61.5 Å². The third-order valence-electron chi connectivity index (χ3n) is 4.49. The van der Waals surface area contributed by atoms with Crippen LogP contribution >= 0.6 is 0 Å². The first-order valence-corrected chi connectivity index (χ1v) is 8.36. The molecule has 0 bridgehead atoms. The highest BCUT2D eigenvalue weighted by molar-refractivity contribution is 5.45.